The molecule has 3 amide bonds. The van der Waals surface area contributed by atoms with Crippen LogP contribution in [-0.2, 0) is 19.1 Å². The number of ether oxygens (including phenoxy) is 2. The molecule has 1 unspecified atom stereocenters. The average molecular weight is 788 g/mol. The van der Waals surface area contributed by atoms with E-state index in [1.807, 2.05) is 69.0 Å². The van der Waals surface area contributed by atoms with E-state index in [4.69, 9.17) is 29.4 Å². The van der Waals surface area contributed by atoms with Crippen LogP contribution in [0.1, 0.15) is 77.0 Å². The van der Waals surface area contributed by atoms with Crippen LogP contribution in [0.15, 0.2) is 48.8 Å². The Morgan fingerprint density at radius 1 is 0.741 bits per heavy atom. The van der Waals surface area contributed by atoms with Crippen LogP contribution in [0, 0.1) is 35.5 Å². The first kappa shape index (κ1) is 37.7. The average Bonchev–Trinajstić information content (AvgIpc) is 3.84. The van der Waals surface area contributed by atoms with Gasteiger partial charge in [-0.15, -0.1) is 0 Å². The molecule has 9 rings (SSSR count). The van der Waals surface area contributed by atoms with Gasteiger partial charge in [0, 0.05) is 29.0 Å². The van der Waals surface area contributed by atoms with Gasteiger partial charge < -0.3 is 35.0 Å². The summed E-state index contributed by atoms with van der Waals surface area (Å²) < 4.78 is 9.62. The normalized spacial score (nSPS) is 25.4. The molecule has 3 aromatic heterocycles. The lowest BCUT2D eigenvalue weighted by atomic mass is 9.81. The van der Waals surface area contributed by atoms with Crippen LogP contribution in [0.3, 0.4) is 0 Å². The number of hydrogen-bond donors (Lipinski definition) is 4. The molecule has 5 aromatic rings. The zero-order valence-electron chi connectivity index (χ0n) is 33.5. The fourth-order valence-electron chi connectivity index (χ4n) is 9.62. The number of nitrogens with one attached hydrogen (secondary N) is 4. The fraction of sp³-hybridized carbons (Fsp3) is 0.488. The minimum absolute atomic E-state index is 0.0498. The third kappa shape index (κ3) is 6.73. The summed E-state index contributed by atoms with van der Waals surface area (Å²) in [5.41, 5.74) is 6.46. The molecular weight excluding hydrogens is 739 g/mol. The molecule has 302 valence electrons. The van der Waals surface area contributed by atoms with Crippen LogP contribution < -0.4 is 10.6 Å². The van der Waals surface area contributed by atoms with Gasteiger partial charge in [0.05, 0.1) is 72.2 Å². The molecule has 1 saturated heterocycles. The summed E-state index contributed by atoms with van der Waals surface area (Å²) in [7, 11) is 2.60. The fourth-order valence-corrected chi connectivity index (χ4v) is 9.62. The Bertz CT molecular complexity index is 2440. The Morgan fingerprint density at radius 2 is 1.47 bits per heavy atom. The van der Waals surface area contributed by atoms with Crippen molar-refractivity contribution in [3.63, 3.8) is 0 Å². The first-order valence-corrected chi connectivity index (χ1v) is 20.3. The molecule has 4 fully saturated rings. The minimum Gasteiger partial charge on any atom is -0.453 e. The molecule has 15 heteroatoms. The van der Waals surface area contributed by atoms with Gasteiger partial charge in [-0.3, -0.25) is 14.6 Å². The Morgan fingerprint density at radius 3 is 2.21 bits per heavy atom. The summed E-state index contributed by atoms with van der Waals surface area (Å²) in [4.78, 5) is 80.3. The van der Waals surface area contributed by atoms with E-state index in [-0.39, 0.29) is 47.4 Å². The number of alkyl carbamates (subject to hydrolysis) is 2. The van der Waals surface area contributed by atoms with Crippen molar-refractivity contribution in [1.82, 2.24) is 45.4 Å². The summed E-state index contributed by atoms with van der Waals surface area (Å²) >= 11 is 0. The SMILES string of the molecule is COC(=O)N[C@H](C(=O)C1[C@H](c2nc3ccc(-c4cnc5cc(-c6cnc([C@@H]7C[C@H]8C[C@H]8N7C(=O)[C@@H](NC(=O)OC)C(C)C)[nH]6)ccc5n4)cc3[nH]2)C[C@H]2C[C@@H]12)C(C)C. The van der Waals surface area contributed by atoms with Crippen LogP contribution in [-0.4, -0.2) is 91.0 Å². The van der Waals surface area contributed by atoms with E-state index in [1.165, 1.54) is 14.2 Å². The van der Waals surface area contributed by atoms with E-state index >= 15 is 0 Å². The standard InChI is InChI=1S/C43H49N9O6/c1-19(2)36(50-42(55)57-5)38(53)35-25-11-23(25)12-26(35)39-47-28-10-8-22(14-30(28)48-39)31-17-44-29-13-21(7-9-27(29)46-31)32-18-45-40(49-32)34-16-24-15-33(24)52(34)41(54)37(20(3)4)51-43(56)58-6/h7-10,13-14,17-20,23-26,33-37H,11-12,15-16H2,1-6H3,(H,45,49)(H,47,48)(H,50,55)(H,51,56)/t23-,24-,25-,26-,33-,34+,35?,36+,37+/m1/s1. The summed E-state index contributed by atoms with van der Waals surface area (Å²) in [5.74, 6) is 2.24. The number of nitrogens with zero attached hydrogens (tertiary/aromatic N) is 5. The molecule has 2 aromatic carbocycles. The molecule has 3 aliphatic carbocycles. The van der Waals surface area contributed by atoms with Gasteiger partial charge in [0.15, 0.2) is 5.78 Å². The lowest BCUT2D eigenvalue weighted by molar-refractivity contribution is -0.136. The molecule has 0 spiro atoms. The number of amides is 3. The van der Waals surface area contributed by atoms with Crippen molar-refractivity contribution in [3.8, 4) is 22.5 Å². The predicted octanol–water partition coefficient (Wildman–Crippen LogP) is 6.30. The van der Waals surface area contributed by atoms with Crippen molar-refractivity contribution in [2.45, 2.75) is 83.5 Å². The van der Waals surface area contributed by atoms with Gasteiger partial charge in [0.25, 0.3) is 0 Å². The molecule has 0 bridgehead atoms. The lowest BCUT2D eigenvalue weighted by Gasteiger charge is -2.31. The molecule has 58 heavy (non-hydrogen) atoms. The number of hydrogen-bond acceptors (Lipinski definition) is 10. The molecule has 0 radical (unpaired) electrons. The van der Waals surface area contributed by atoms with Crippen LogP contribution in [0.25, 0.3) is 44.6 Å². The maximum atomic E-state index is 13.9. The zero-order valence-corrected chi connectivity index (χ0v) is 33.5. The topological polar surface area (TPSA) is 197 Å². The van der Waals surface area contributed by atoms with Crippen LogP contribution in [0.5, 0.6) is 0 Å². The minimum atomic E-state index is -0.694. The van der Waals surface area contributed by atoms with Crippen LogP contribution in [0.4, 0.5) is 9.59 Å². The molecular formula is C43H49N9O6. The first-order chi connectivity index (χ1) is 27.9. The maximum Gasteiger partial charge on any atom is 0.407 e. The van der Waals surface area contributed by atoms with Crippen molar-refractivity contribution < 1.29 is 28.7 Å². The second-order valence-electron chi connectivity index (χ2n) is 17.2. The number of piperidine rings is 1. The van der Waals surface area contributed by atoms with Crippen LogP contribution in [0.2, 0.25) is 0 Å². The van der Waals surface area contributed by atoms with Crippen molar-refractivity contribution in [2.75, 3.05) is 14.2 Å². The number of rotatable bonds is 11. The van der Waals surface area contributed by atoms with Gasteiger partial charge >= 0.3 is 12.2 Å². The van der Waals surface area contributed by atoms with Crippen molar-refractivity contribution >= 4 is 45.9 Å². The molecule has 4 heterocycles. The number of H-pyrrole nitrogens is 2. The Balaban J connectivity index is 0.923. The Labute approximate surface area is 335 Å². The van der Waals surface area contributed by atoms with E-state index in [0.717, 1.165) is 81.9 Å². The number of imidazole rings is 2. The number of methoxy groups -OCH3 is 2. The van der Waals surface area contributed by atoms with Gasteiger partial charge in [-0.2, -0.15) is 0 Å². The Kier molecular flexibility index (Phi) is 9.43. The predicted molar refractivity (Wildman–Crippen MR) is 214 cm³/mol. The van der Waals surface area contributed by atoms with Gasteiger partial charge in [0.2, 0.25) is 5.91 Å². The van der Waals surface area contributed by atoms with Gasteiger partial charge in [-0.05, 0) is 79.5 Å². The first-order valence-electron chi connectivity index (χ1n) is 20.3. The molecule has 15 nitrogen and oxygen atoms in total. The summed E-state index contributed by atoms with van der Waals surface area (Å²) in [6.07, 6.45) is 6.05. The van der Waals surface area contributed by atoms with E-state index in [0.29, 0.717) is 17.8 Å². The summed E-state index contributed by atoms with van der Waals surface area (Å²) in [6, 6.07) is 10.5. The smallest absolute Gasteiger partial charge is 0.407 e. The second-order valence-corrected chi connectivity index (χ2v) is 17.2. The van der Waals surface area contributed by atoms with Crippen LogP contribution >= 0.6 is 0 Å². The van der Waals surface area contributed by atoms with Crippen molar-refractivity contribution in [1.29, 1.82) is 0 Å². The Hall–Kier alpha value is -5.86. The molecule has 4 aliphatic rings. The van der Waals surface area contributed by atoms with Gasteiger partial charge in [-0.1, -0.05) is 39.8 Å². The summed E-state index contributed by atoms with van der Waals surface area (Å²) in [6.45, 7) is 7.70. The van der Waals surface area contributed by atoms with E-state index in [2.05, 4.69) is 20.6 Å². The molecule has 1 aliphatic heterocycles. The highest BCUT2D eigenvalue weighted by Crippen LogP contribution is 2.61. The maximum absolute atomic E-state index is 13.9. The lowest BCUT2D eigenvalue weighted by Crippen LogP contribution is -2.52. The van der Waals surface area contributed by atoms with Gasteiger partial charge in [0.1, 0.15) is 17.7 Å². The monoisotopic (exact) mass is 787 g/mol. The van der Waals surface area contributed by atoms with Crippen molar-refractivity contribution in [2.24, 2.45) is 35.5 Å². The number of carbonyl (C=O) groups excluding carboxylic acids is 4. The highest BCUT2D eigenvalue weighted by Gasteiger charge is 2.58. The zero-order chi connectivity index (χ0) is 40.6. The highest BCUT2D eigenvalue weighted by molar-refractivity contribution is 5.92. The number of fused-ring (bicyclic) bond motifs is 4. The number of benzene rings is 2. The second kappa shape index (κ2) is 14.5. The largest absolute Gasteiger partial charge is 0.453 e. The molecule has 3 saturated carbocycles. The molecule has 4 N–H and O–H groups in total. The molecule has 9 atom stereocenters. The number of likely N-dealkylation sites (tertiary alicyclic amines) is 1. The number of aromatic nitrogens is 6. The van der Waals surface area contributed by atoms with E-state index in [9.17, 15) is 19.2 Å². The van der Waals surface area contributed by atoms with E-state index < -0.39 is 24.3 Å². The third-order valence-electron chi connectivity index (χ3n) is 12.9. The van der Waals surface area contributed by atoms with Gasteiger partial charge in [-0.25, -0.2) is 24.5 Å². The number of aromatic amines is 2. The quantitative estimate of drug-likeness (QED) is 0.118. The number of ketones is 1. The number of carbonyl (C=O) groups is 4. The summed E-state index contributed by atoms with van der Waals surface area (Å²) in [5, 5.41) is 5.51. The highest BCUT2D eigenvalue weighted by atomic mass is 16.5. The van der Waals surface area contributed by atoms with E-state index in [1.54, 1.807) is 12.4 Å². The van der Waals surface area contributed by atoms with Crippen molar-refractivity contribution in [3.05, 3.63) is 60.4 Å². The third-order valence-corrected chi connectivity index (χ3v) is 12.9. The number of Topliss-reactive ketones (excluding diaryl/α,β-unsaturated/α-hetero) is 1.